The molecule has 0 aliphatic rings. The highest BCUT2D eigenvalue weighted by atomic mass is 16.5. The summed E-state index contributed by atoms with van der Waals surface area (Å²) >= 11 is 0. The number of rotatable bonds is 3. The zero-order valence-corrected chi connectivity index (χ0v) is 12.8. The molecule has 2 amide bonds. The molecule has 0 unspecified atom stereocenters. The van der Waals surface area contributed by atoms with E-state index in [9.17, 15) is 14.4 Å². The molecule has 2 aromatic carbocycles. The van der Waals surface area contributed by atoms with Crippen molar-refractivity contribution in [3.05, 3.63) is 59.7 Å². The Morgan fingerprint density at radius 2 is 1.22 bits per heavy atom. The number of benzene rings is 2. The topological polar surface area (TPSA) is 84.5 Å². The minimum Gasteiger partial charge on any atom is -0.465 e. The second kappa shape index (κ2) is 7.22. The van der Waals surface area contributed by atoms with Crippen LogP contribution in [-0.4, -0.2) is 24.9 Å². The standard InChI is InChI=1S/C17H16N2O4/c1-11-3-7-13(8-4-11)18-15(20)16(21)19-14-9-5-12(6-10-14)17(22)23-2/h3-10H,1-2H3,(H,18,20)(H,19,21). The van der Waals surface area contributed by atoms with Crippen molar-refractivity contribution in [3.8, 4) is 0 Å². The first-order valence-electron chi connectivity index (χ1n) is 6.87. The number of aryl methyl sites for hydroxylation is 1. The van der Waals surface area contributed by atoms with Gasteiger partial charge in [0.1, 0.15) is 0 Å². The van der Waals surface area contributed by atoms with Gasteiger partial charge in [0.05, 0.1) is 12.7 Å². The number of amides is 2. The molecule has 2 N–H and O–H groups in total. The second-order valence-electron chi connectivity index (χ2n) is 4.84. The third-order valence-corrected chi connectivity index (χ3v) is 3.08. The lowest BCUT2D eigenvalue weighted by molar-refractivity contribution is -0.132. The van der Waals surface area contributed by atoms with Crippen LogP contribution < -0.4 is 10.6 Å². The minimum atomic E-state index is -0.795. The molecule has 0 radical (unpaired) electrons. The molecule has 2 aromatic rings. The lowest BCUT2D eigenvalue weighted by Gasteiger charge is -2.07. The van der Waals surface area contributed by atoms with Crippen LogP contribution in [0.3, 0.4) is 0 Å². The van der Waals surface area contributed by atoms with E-state index in [0.29, 0.717) is 16.9 Å². The fourth-order valence-electron chi connectivity index (χ4n) is 1.82. The van der Waals surface area contributed by atoms with E-state index in [0.717, 1.165) is 5.56 Å². The van der Waals surface area contributed by atoms with Crippen LogP contribution in [0.5, 0.6) is 0 Å². The number of methoxy groups -OCH3 is 1. The van der Waals surface area contributed by atoms with E-state index in [-0.39, 0.29) is 0 Å². The Labute approximate surface area is 133 Å². The molecule has 0 saturated carbocycles. The van der Waals surface area contributed by atoms with Gasteiger partial charge in [-0.3, -0.25) is 9.59 Å². The Bertz CT molecular complexity index is 721. The smallest absolute Gasteiger partial charge is 0.337 e. The average Bonchev–Trinajstić information content (AvgIpc) is 2.56. The van der Waals surface area contributed by atoms with Crippen molar-refractivity contribution in [2.24, 2.45) is 0 Å². The quantitative estimate of drug-likeness (QED) is 0.673. The normalized spacial score (nSPS) is 9.83. The molecule has 0 aromatic heterocycles. The van der Waals surface area contributed by atoms with Crippen LogP contribution in [0.4, 0.5) is 11.4 Å². The summed E-state index contributed by atoms with van der Waals surface area (Å²) in [6, 6.07) is 13.1. The minimum absolute atomic E-state index is 0.356. The number of anilines is 2. The van der Waals surface area contributed by atoms with Crippen LogP contribution in [0.2, 0.25) is 0 Å². The highest BCUT2D eigenvalue weighted by Gasteiger charge is 2.14. The van der Waals surface area contributed by atoms with Crippen LogP contribution in [-0.2, 0) is 14.3 Å². The van der Waals surface area contributed by atoms with Gasteiger partial charge in [-0.15, -0.1) is 0 Å². The molecule has 0 aliphatic carbocycles. The summed E-state index contributed by atoms with van der Waals surface area (Å²) in [4.78, 5) is 35.0. The molecule has 118 valence electrons. The van der Waals surface area contributed by atoms with Crippen LogP contribution >= 0.6 is 0 Å². The van der Waals surface area contributed by atoms with Crippen molar-refractivity contribution in [2.75, 3.05) is 17.7 Å². The van der Waals surface area contributed by atoms with Crippen molar-refractivity contribution >= 4 is 29.2 Å². The lowest BCUT2D eigenvalue weighted by atomic mass is 10.2. The Hall–Kier alpha value is -3.15. The summed E-state index contributed by atoms with van der Waals surface area (Å²) in [6.45, 7) is 1.93. The number of nitrogens with one attached hydrogen (secondary N) is 2. The highest BCUT2D eigenvalue weighted by Crippen LogP contribution is 2.11. The van der Waals surface area contributed by atoms with Crippen LogP contribution in [0, 0.1) is 6.92 Å². The maximum Gasteiger partial charge on any atom is 0.337 e. The lowest BCUT2D eigenvalue weighted by Crippen LogP contribution is -2.29. The van der Waals surface area contributed by atoms with Crippen molar-refractivity contribution in [3.63, 3.8) is 0 Å². The van der Waals surface area contributed by atoms with Crippen molar-refractivity contribution in [2.45, 2.75) is 6.92 Å². The van der Waals surface area contributed by atoms with Gasteiger partial charge in [-0.25, -0.2) is 4.79 Å². The van der Waals surface area contributed by atoms with Gasteiger partial charge in [-0.1, -0.05) is 17.7 Å². The van der Waals surface area contributed by atoms with E-state index in [1.807, 2.05) is 19.1 Å². The van der Waals surface area contributed by atoms with E-state index in [2.05, 4.69) is 15.4 Å². The fourth-order valence-corrected chi connectivity index (χ4v) is 1.82. The number of ether oxygens (including phenoxy) is 1. The molecule has 0 saturated heterocycles. The zero-order valence-electron chi connectivity index (χ0n) is 12.8. The summed E-state index contributed by atoms with van der Waals surface area (Å²) in [6.07, 6.45) is 0. The van der Waals surface area contributed by atoms with E-state index in [1.165, 1.54) is 31.4 Å². The molecule has 2 rings (SSSR count). The Morgan fingerprint density at radius 3 is 1.65 bits per heavy atom. The monoisotopic (exact) mass is 312 g/mol. The molecule has 0 spiro atoms. The zero-order chi connectivity index (χ0) is 16.8. The molecule has 0 bridgehead atoms. The molecule has 0 heterocycles. The number of hydrogen-bond donors (Lipinski definition) is 2. The summed E-state index contributed by atoms with van der Waals surface area (Å²) in [5.74, 6) is -2.04. The fraction of sp³-hybridized carbons (Fsp3) is 0.118. The van der Waals surface area contributed by atoms with E-state index in [4.69, 9.17) is 0 Å². The van der Waals surface area contributed by atoms with Gasteiger partial charge in [0.2, 0.25) is 0 Å². The van der Waals surface area contributed by atoms with Crippen LogP contribution in [0.1, 0.15) is 15.9 Å². The van der Waals surface area contributed by atoms with E-state index >= 15 is 0 Å². The third-order valence-electron chi connectivity index (χ3n) is 3.08. The Kier molecular flexibility index (Phi) is 5.09. The number of esters is 1. The summed E-state index contributed by atoms with van der Waals surface area (Å²) in [5.41, 5.74) is 2.35. The third kappa shape index (κ3) is 4.41. The number of carbonyl (C=O) groups is 3. The molecule has 0 aliphatic heterocycles. The van der Waals surface area contributed by atoms with Gasteiger partial charge in [0.15, 0.2) is 0 Å². The van der Waals surface area contributed by atoms with E-state index < -0.39 is 17.8 Å². The molecule has 6 nitrogen and oxygen atoms in total. The maximum atomic E-state index is 11.8. The average molecular weight is 312 g/mol. The number of hydrogen-bond acceptors (Lipinski definition) is 4. The van der Waals surface area contributed by atoms with E-state index in [1.54, 1.807) is 12.1 Å². The Balaban J connectivity index is 1.96. The maximum absolute atomic E-state index is 11.8. The molecular formula is C17H16N2O4. The highest BCUT2D eigenvalue weighted by molar-refractivity contribution is 6.43. The number of carbonyl (C=O) groups excluding carboxylic acids is 3. The SMILES string of the molecule is COC(=O)c1ccc(NC(=O)C(=O)Nc2ccc(C)cc2)cc1. The van der Waals surface area contributed by atoms with Crippen molar-refractivity contribution in [1.82, 2.24) is 0 Å². The van der Waals surface area contributed by atoms with Gasteiger partial charge in [0.25, 0.3) is 0 Å². The molecule has 0 fully saturated rings. The largest absolute Gasteiger partial charge is 0.465 e. The van der Waals surface area contributed by atoms with Gasteiger partial charge in [0, 0.05) is 11.4 Å². The first-order valence-corrected chi connectivity index (χ1v) is 6.87. The molecule has 6 heteroatoms. The molecular weight excluding hydrogens is 296 g/mol. The summed E-state index contributed by atoms with van der Waals surface area (Å²) in [5, 5.41) is 4.96. The predicted molar refractivity (Wildman–Crippen MR) is 86.2 cm³/mol. The Morgan fingerprint density at radius 1 is 0.783 bits per heavy atom. The van der Waals surface area contributed by atoms with Crippen molar-refractivity contribution in [1.29, 1.82) is 0 Å². The van der Waals surface area contributed by atoms with Crippen LogP contribution in [0.25, 0.3) is 0 Å². The van der Waals surface area contributed by atoms with Crippen LogP contribution in [0.15, 0.2) is 48.5 Å². The summed E-state index contributed by atoms with van der Waals surface area (Å²) < 4.78 is 4.58. The molecule has 23 heavy (non-hydrogen) atoms. The first-order chi connectivity index (χ1) is 11.0. The molecule has 0 atom stereocenters. The van der Waals surface area contributed by atoms with Gasteiger partial charge >= 0.3 is 17.8 Å². The van der Waals surface area contributed by atoms with Gasteiger partial charge < -0.3 is 15.4 Å². The summed E-state index contributed by atoms with van der Waals surface area (Å²) in [7, 11) is 1.29. The van der Waals surface area contributed by atoms with Crippen molar-refractivity contribution < 1.29 is 19.1 Å². The van der Waals surface area contributed by atoms with Gasteiger partial charge in [-0.2, -0.15) is 0 Å². The predicted octanol–water partition coefficient (Wildman–Crippen LogP) is 2.36. The van der Waals surface area contributed by atoms with Gasteiger partial charge in [-0.05, 0) is 43.3 Å². The first kappa shape index (κ1) is 16.2. The second-order valence-corrected chi connectivity index (χ2v) is 4.84.